The van der Waals surface area contributed by atoms with Crippen LogP contribution in [0.4, 0.5) is 0 Å². The highest BCUT2D eigenvalue weighted by atomic mass is 16.5. The minimum Gasteiger partial charge on any atom is -0.378 e. The van der Waals surface area contributed by atoms with E-state index in [2.05, 4.69) is 20.5 Å². The molecule has 1 unspecified atom stereocenters. The highest BCUT2D eigenvalue weighted by Gasteiger charge is 2.20. The van der Waals surface area contributed by atoms with Gasteiger partial charge in [0.2, 0.25) is 0 Å². The summed E-state index contributed by atoms with van der Waals surface area (Å²) in [5.74, 6) is 1.03. The Labute approximate surface area is 109 Å². The van der Waals surface area contributed by atoms with Crippen LogP contribution in [0.15, 0.2) is 10.7 Å². The molecule has 0 aliphatic carbocycles. The van der Waals surface area contributed by atoms with Crippen molar-refractivity contribution in [1.29, 1.82) is 0 Å². The van der Waals surface area contributed by atoms with Crippen molar-refractivity contribution in [2.45, 2.75) is 31.9 Å². The quantitative estimate of drug-likeness (QED) is 0.810. The van der Waals surface area contributed by atoms with Gasteiger partial charge in [-0.3, -0.25) is 4.68 Å². The van der Waals surface area contributed by atoms with Crippen LogP contribution in [-0.2, 0) is 17.7 Å². The van der Waals surface area contributed by atoms with Gasteiger partial charge in [0, 0.05) is 19.6 Å². The summed E-state index contributed by atoms with van der Waals surface area (Å²) in [6.07, 6.45) is 4.79. The van der Waals surface area contributed by atoms with Crippen LogP contribution in [0.1, 0.15) is 18.7 Å². The minimum atomic E-state index is 0.207. The van der Waals surface area contributed by atoms with Crippen molar-refractivity contribution in [1.82, 2.24) is 25.1 Å². The molecule has 2 aromatic rings. The summed E-state index contributed by atoms with van der Waals surface area (Å²) < 4.78 is 12.4. The number of ether oxygens (including phenoxy) is 1. The molecule has 0 spiro atoms. The summed E-state index contributed by atoms with van der Waals surface area (Å²) in [5, 5.41) is 11.9. The molecule has 0 saturated carbocycles. The average Bonchev–Trinajstić information content (AvgIpc) is 3.10. The van der Waals surface area contributed by atoms with Gasteiger partial charge in [0.15, 0.2) is 11.5 Å². The summed E-state index contributed by atoms with van der Waals surface area (Å²) >= 11 is 0. The van der Waals surface area contributed by atoms with Crippen LogP contribution in [0, 0.1) is 0 Å². The smallest absolute Gasteiger partial charge is 0.280 e. The Hall–Kier alpha value is -1.80. The maximum Gasteiger partial charge on any atom is 0.280 e. The molecule has 0 amide bonds. The van der Waals surface area contributed by atoms with Crippen molar-refractivity contribution in [2.75, 3.05) is 13.2 Å². The fourth-order valence-corrected chi connectivity index (χ4v) is 2.09. The van der Waals surface area contributed by atoms with Crippen LogP contribution >= 0.6 is 0 Å². The van der Waals surface area contributed by atoms with Gasteiger partial charge in [-0.1, -0.05) is 10.4 Å². The third-order valence-corrected chi connectivity index (χ3v) is 3.02. The lowest BCUT2D eigenvalue weighted by molar-refractivity contribution is 0.109. The normalized spacial score (nSPS) is 19.1. The molecular weight excluding hydrogens is 248 g/mol. The number of hydrogen-bond acceptors (Lipinski definition) is 7. The molecule has 1 aliphatic heterocycles. The van der Waals surface area contributed by atoms with Gasteiger partial charge in [0.05, 0.1) is 18.8 Å². The fourth-order valence-electron chi connectivity index (χ4n) is 2.09. The maximum atomic E-state index is 5.54. The van der Waals surface area contributed by atoms with E-state index in [4.69, 9.17) is 15.0 Å². The summed E-state index contributed by atoms with van der Waals surface area (Å²) in [7, 11) is 0. The van der Waals surface area contributed by atoms with E-state index in [9.17, 15) is 0 Å². The Morgan fingerprint density at radius 2 is 2.42 bits per heavy atom. The molecule has 1 fully saturated rings. The lowest BCUT2D eigenvalue weighted by Gasteiger charge is -2.03. The molecule has 2 aromatic heterocycles. The predicted molar refractivity (Wildman–Crippen MR) is 65.0 cm³/mol. The molecule has 1 atom stereocenters. The van der Waals surface area contributed by atoms with Gasteiger partial charge in [-0.15, -0.1) is 5.10 Å². The van der Waals surface area contributed by atoms with Crippen molar-refractivity contribution in [2.24, 2.45) is 5.73 Å². The van der Waals surface area contributed by atoms with E-state index in [1.165, 1.54) is 0 Å². The molecule has 19 heavy (non-hydrogen) atoms. The Kier molecular flexibility index (Phi) is 3.51. The van der Waals surface area contributed by atoms with E-state index >= 15 is 0 Å². The summed E-state index contributed by atoms with van der Waals surface area (Å²) in [5.41, 5.74) is 6.02. The summed E-state index contributed by atoms with van der Waals surface area (Å²) in [6.45, 7) is 1.95. The topological polar surface area (TPSA) is 105 Å². The average molecular weight is 264 g/mol. The largest absolute Gasteiger partial charge is 0.378 e. The molecule has 0 bridgehead atoms. The van der Waals surface area contributed by atoms with Gasteiger partial charge in [0.1, 0.15) is 0 Å². The maximum absolute atomic E-state index is 5.54. The van der Waals surface area contributed by atoms with E-state index in [1.807, 2.05) is 0 Å². The third-order valence-electron chi connectivity index (χ3n) is 3.02. The van der Waals surface area contributed by atoms with Gasteiger partial charge >= 0.3 is 0 Å². The van der Waals surface area contributed by atoms with Gasteiger partial charge in [-0.25, -0.2) is 0 Å². The Morgan fingerprint density at radius 1 is 1.47 bits per heavy atom. The third kappa shape index (κ3) is 2.79. The van der Waals surface area contributed by atoms with Crippen molar-refractivity contribution in [3.8, 4) is 11.6 Å². The fraction of sp³-hybridized carbons (Fsp3) is 0.636. The highest BCUT2D eigenvalue weighted by Crippen LogP contribution is 2.18. The molecule has 2 N–H and O–H groups in total. The van der Waals surface area contributed by atoms with Crippen molar-refractivity contribution in [3.05, 3.63) is 12.0 Å². The minimum absolute atomic E-state index is 0.207. The van der Waals surface area contributed by atoms with Gasteiger partial charge in [-0.05, 0) is 12.8 Å². The van der Waals surface area contributed by atoms with E-state index in [0.29, 0.717) is 36.9 Å². The first-order chi connectivity index (χ1) is 9.35. The second-order valence-electron chi connectivity index (χ2n) is 4.51. The number of nitrogens with zero attached hydrogens (tertiary/aromatic N) is 5. The van der Waals surface area contributed by atoms with E-state index in [-0.39, 0.29) is 6.10 Å². The molecule has 102 valence electrons. The second kappa shape index (κ2) is 5.45. The van der Waals surface area contributed by atoms with Crippen molar-refractivity contribution < 1.29 is 9.26 Å². The molecule has 3 rings (SSSR count). The Balaban J connectivity index is 1.68. The number of hydrogen-bond donors (Lipinski definition) is 1. The first-order valence-corrected chi connectivity index (χ1v) is 6.40. The molecule has 0 aromatic carbocycles. The lowest BCUT2D eigenvalue weighted by Crippen LogP contribution is -2.10. The summed E-state index contributed by atoms with van der Waals surface area (Å²) in [4.78, 5) is 4.31. The Bertz CT molecular complexity index is 531. The van der Waals surface area contributed by atoms with Gasteiger partial charge in [-0.2, -0.15) is 4.98 Å². The summed E-state index contributed by atoms with van der Waals surface area (Å²) in [6, 6.07) is 0. The zero-order valence-corrected chi connectivity index (χ0v) is 10.5. The standard InChI is InChI=1S/C11H16N6O2/c12-3-4-17-7-9(14-16-17)11-13-10(15-19-11)6-8-2-1-5-18-8/h7-8H,1-6,12H2. The predicted octanol–water partition coefficient (Wildman–Crippen LogP) is 0.00830. The van der Waals surface area contributed by atoms with Gasteiger partial charge in [0.25, 0.3) is 5.89 Å². The van der Waals surface area contributed by atoms with Crippen LogP contribution in [0.5, 0.6) is 0 Å². The SMILES string of the molecule is NCCn1cc(-c2nc(CC3CCCO3)no2)nn1. The molecule has 1 saturated heterocycles. The van der Waals surface area contributed by atoms with Crippen LogP contribution in [0.2, 0.25) is 0 Å². The van der Waals surface area contributed by atoms with Crippen molar-refractivity contribution in [3.63, 3.8) is 0 Å². The zero-order valence-electron chi connectivity index (χ0n) is 10.5. The van der Waals surface area contributed by atoms with E-state index in [0.717, 1.165) is 19.4 Å². The Morgan fingerprint density at radius 3 is 3.21 bits per heavy atom. The first kappa shape index (κ1) is 12.2. The number of aromatic nitrogens is 5. The monoisotopic (exact) mass is 264 g/mol. The zero-order chi connectivity index (χ0) is 13.1. The van der Waals surface area contributed by atoms with Crippen LogP contribution in [-0.4, -0.2) is 44.4 Å². The van der Waals surface area contributed by atoms with Crippen LogP contribution < -0.4 is 5.73 Å². The molecular formula is C11H16N6O2. The van der Waals surface area contributed by atoms with Crippen LogP contribution in [0.25, 0.3) is 11.6 Å². The second-order valence-corrected chi connectivity index (χ2v) is 4.51. The van der Waals surface area contributed by atoms with Crippen LogP contribution in [0.3, 0.4) is 0 Å². The van der Waals surface area contributed by atoms with E-state index in [1.54, 1.807) is 10.9 Å². The molecule has 1 aliphatic rings. The highest BCUT2D eigenvalue weighted by molar-refractivity contribution is 5.43. The first-order valence-electron chi connectivity index (χ1n) is 6.40. The molecule has 3 heterocycles. The lowest BCUT2D eigenvalue weighted by atomic mass is 10.2. The molecule has 8 nitrogen and oxygen atoms in total. The molecule has 0 radical (unpaired) electrons. The number of nitrogens with two attached hydrogens (primary N) is 1. The molecule has 8 heteroatoms. The van der Waals surface area contributed by atoms with Gasteiger partial charge < -0.3 is 15.0 Å². The van der Waals surface area contributed by atoms with E-state index < -0.39 is 0 Å². The number of rotatable bonds is 5. The van der Waals surface area contributed by atoms with Crippen molar-refractivity contribution >= 4 is 0 Å².